The molecule has 5 heteroatoms. The maximum Gasteiger partial charge on any atom is 0.224 e. The van der Waals surface area contributed by atoms with Gasteiger partial charge in [-0.25, -0.2) is 0 Å². The van der Waals surface area contributed by atoms with Crippen molar-refractivity contribution in [1.29, 1.82) is 0 Å². The summed E-state index contributed by atoms with van der Waals surface area (Å²) < 4.78 is 11.9. The Morgan fingerprint density at radius 2 is 1.64 bits per heavy atom. The van der Waals surface area contributed by atoms with Gasteiger partial charge < -0.3 is 19.7 Å². The zero-order valence-corrected chi connectivity index (χ0v) is 21.1. The molecule has 0 spiro atoms. The van der Waals surface area contributed by atoms with E-state index in [2.05, 4.69) is 70.9 Å². The molecule has 0 bridgehead atoms. The van der Waals surface area contributed by atoms with E-state index in [1.54, 1.807) is 7.11 Å². The fourth-order valence-electron chi connectivity index (χ4n) is 5.51. The smallest absolute Gasteiger partial charge is 0.224 e. The molecule has 188 valence electrons. The van der Waals surface area contributed by atoms with Crippen molar-refractivity contribution in [3.05, 3.63) is 90.0 Å². The number of carbonyl (C=O) groups is 1. The minimum Gasteiger partial charge on any atom is -0.493 e. The average Bonchev–Trinajstić information content (AvgIpc) is 3.44. The Bertz CT molecular complexity index is 1130. The Labute approximate surface area is 214 Å². The van der Waals surface area contributed by atoms with Crippen molar-refractivity contribution < 1.29 is 14.3 Å². The Morgan fingerprint density at radius 1 is 0.917 bits per heavy atom. The van der Waals surface area contributed by atoms with E-state index in [4.69, 9.17) is 9.47 Å². The predicted molar refractivity (Wildman–Crippen MR) is 144 cm³/mol. The van der Waals surface area contributed by atoms with Gasteiger partial charge in [-0.2, -0.15) is 0 Å². The lowest BCUT2D eigenvalue weighted by atomic mass is 9.84. The van der Waals surface area contributed by atoms with Crippen LogP contribution in [0.1, 0.15) is 49.1 Å². The maximum atomic E-state index is 13.0. The molecule has 2 fully saturated rings. The molecule has 1 aliphatic carbocycles. The average molecular weight is 485 g/mol. The van der Waals surface area contributed by atoms with Gasteiger partial charge in [-0.3, -0.25) is 4.79 Å². The van der Waals surface area contributed by atoms with Crippen LogP contribution in [-0.2, 0) is 11.3 Å². The molecule has 1 aliphatic heterocycles. The number of methoxy groups -OCH3 is 1. The highest BCUT2D eigenvalue weighted by Crippen LogP contribution is 2.37. The summed E-state index contributed by atoms with van der Waals surface area (Å²) in [5, 5.41) is 3.18. The molecule has 2 atom stereocenters. The fourth-order valence-corrected chi connectivity index (χ4v) is 5.51. The zero-order valence-electron chi connectivity index (χ0n) is 21.1. The van der Waals surface area contributed by atoms with Crippen LogP contribution < -0.4 is 19.7 Å². The summed E-state index contributed by atoms with van der Waals surface area (Å²) in [5.74, 6) is 1.87. The number of hydrogen-bond acceptors (Lipinski definition) is 4. The first-order chi connectivity index (χ1) is 17.7. The summed E-state index contributed by atoms with van der Waals surface area (Å²) in [6.07, 6.45) is 5.73. The Kier molecular flexibility index (Phi) is 7.75. The Hall–Kier alpha value is -3.47. The molecule has 36 heavy (non-hydrogen) atoms. The van der Waals surface area contributed by atoms with Gasteiger partial charge in [0.2, 0.25) is 5.91 Å². The number of rotatable bonds is 9. The topological polar surface area (TPSA) is 50.8 Å². The van der Waals surface area contributed by atoms with Crippen molar-refractivity contribution in [2.75, 3.05) is 25.1 Å². The molecule has 3 aromatic rings. The van der Waals surface area contributed by atoms with Crippen LogP contribution in [0.2, 0.25) is 0 Å². The summed E-state index contributed by atoms with van der Waals surface area (Å²) in [6.45, 7) is 2.08. The van der Waals surface area contributed by atoms with Gasteiger partial charge in [-0.15, -0.1) is 0 Å². The highest BCUT2D eigenvalue weighted by Gasteiger charge is 2.32. The van der Waals surface area contributed by atoms with Gasteiger partial charge in [0.1, 0.15) is 0 Å². The number of piperidine rings is 1. The van der Waals surface area contributed by atoms with Crippen molar-refractivity contribution in [3.8, 4) is 11.5 Å². The number of carbonyl (C=O) groups excluding carboxylic acids is 1. The molecule has 2 aliphatic rings. The summed E-state index contributed by atoms with van der Waals surface area (Å²) in [4.78, 5) is 15.3. The highest BCUT2D eigenvalue weighted by molar-refractivity contribution is 5.80. The molecule has 3 aromatic carbocycles. The van der Waals surface area contributed by atoms with Crippen LogP contribution in [0.5, 0.6) is 11.5 Å². The standard InChI is InChI=1S/C31H36N2O3/c1-35-29-17-16-24(19-30(29)36-28-14-8-9-15-28)25-18-26(31(34)32-20-25)22-33(27-12-6-3-7-13-27)21-23-10-4-2-5-11-23/h2-7,10-13,16-17,19,25-26,28H,8-9,14-15,18,20-22H2,1H3,(H,32,34)/t25-,26+/m1/s1. The van der Waals surface area contributed by atoms with Crippen LogP contribution in [0.15, 0.2) is 78.9 Å². The number of benzene rings is 3. The molecule has 0 aromatic heterocycles. The molecule has 0 unspecified atom stereocenters. The van der Waals surface area contributed by atoms with Gasteiger partial charge in [0, 0.05) is 31.2 Å². The van der Waals surface area contributed by atoms with E-state index < -0.39 is 0 Å². The SMILES string of the molecule is COc1ccc([C@H]2CNC(=O)[C@H](CN(Cc3ccccc3)c3ccccc3)C2)cc1OC1CCCC1. The largest absolute Gasteiger partial charge is 0.493 e. The fraction of sp³-hybridized carbons (Fsp3) is 0.387. The number of hydrogen-bond donors (Lipinski definition) is 1. The van der Waals surface area contributed by atoms with E-state index >= 15 is 0 Å². The number of ether oxygens (including phenoxy) is 2. The lowest BCUT2D eigenvalue weighted by Gasteiger charge is -2.34. The van der Waals surface area contributed by atoms with Gasteiger partial charge in [-0.05, 0) is 67.5 Å². The second-order valence-electron chi connectivity index (χ2n) is 10.0. The van der Waals surface area contributed by atoms with Gasteiger partial charge in [-0.1, -0.05) is 54.6 Å². The maximum absolute atomic E-state index is 13.0. The first-order valence-corrected chi connectivity index (χ1v) is 13.2. The van der Waals surface area contributed by atoms with Crippen molar-refractivity contribution >= 4 is 11.6 Å². The first-order valence-electron chi connectivity index (χ1n) is 13.2. The zero-order chi connectivity index (χ0) is 24.7. The second-order valence-corrected chi connectivity index (χ2v) is 10.0. The number of nitrogens with zero attached hydrogens (tertiary/aromatic N) is 1. The van der Waals surface area contributed by atoms with Gasteiger partial charge >= 0.3 is 0 Å². The lowest BCUT2D eigenvalue weighted by molar-refractivity contribution is -0.126. The molecule has 1 N–H and O–H groups in total. The van der Waals surface area contributed by atoms with Crippen LogP contribution in [0.4, 0.5) is 5.69 Å². The summed E-state index contributed by atoms with van der Waals surface area (Å²) >= 11 is 0. The molecule has 0 radical (unpaired) electrons. The molecule has 1 saturated heterocycles. The van der Waals surface area contributed by atoms with E-state index in [-0.39, 0.29) is 23.8 Å². The quantitative estimate of drug-likeness (QED) is 0.408. The molecular formula is C31H36N2O3. The molecule has 5 rings (SSSR count). The van der Waals surface area contributed by atoms with Crippen molar-refractivity contribution in [3.63, 3.8) is 0 Å². The number of anilines is 1. The Morgan fingerprint density at radius 3 is 2.36 bits per heavy atom. The van der Waals surface area contributed by atoms with Crippen molar-refractivity contribution in [2.24, 2.45) is 5.92 Å². The van der Waals surface area contributed by atoms with Gasteiger partial charge in [0.05, 0.1) is 19.1 Å². The highest BCUT2D eigenvalue weighted by atomic mass is 16.5. The first kappa shape index (κ1) is 24.2. The minimum atomic E-state index is -0.103. The summed E-state index contributed by atoms with van der Waals surface area (Å²) in [5.41, 5.74) is 3.56. The molecule has 1 heterocycles. The van der Waals surface area contributed by atoms with Crippen LogP contribution in [-0.4, -0.2) is 32.2 Å². The van der Waals surface area contributed by atoms with Gasteiger partial charge in [0.25, 0.3) is 0 Å². The van der Waals surface area contributed by atoms with E-state index in [0.717, 1.165) is 43.0 Å². The van der Waals surface area contributed by atoms with E-state index in [1.807, 2.05) is 18.2 Å². The normalized spacial score (nSPS) is 20.1. The molecule has 5 nitrogen and oxygen atoms in total. The second kappa shape index (κ2) is 11.5. The van der Waals surface area contributed by atoms with E-state index in [0.29, 0.717) is 13.1 Å². The van der Waals surface area contributed by atoms with E-state index in [9.17, 15) is 4.79 Å². The molecule has 1 amide bonds. The van der Waals surface area contributed by atoms with Crippen molar-refractivity contribution in [2.45, 2.75) is 50.7 Å². The third-order valence-corrected chi connectivity index (χ3v) is 7.50. The predicted octanol–water partition coefficient (Wildman–Crippen LogP) is 5.94. The number of para-hydroxylation sites is 1. The number of nitrogens with one attached hydrogen (secondary N) is 1. The summed E-state index contributed by atoms with van der Waals surface area (Å²) in [7, 11) is 1.69. The third kappa shape index (κ3) is 5.84. The number of amides is 1. The van der Waals surface area contributed by atoms with Crippen molar-refractivity contribution in [1.82, 2.24) is 5.32 Å². The molecule has 1 saturated carbocycles. The third-order valence-electron chi connectivity index (χ3n) is 7.50. The van der Waals surface area contributed by atoms with E-state index in [1.165, 1.54) is 24.0 Å². The van der Waals surface area contributed by atoms with Crippen LogP contribution >= 0.6 is 0 Å². The van der Waals surface area contributed by atoms with Crippen LogP contribution in [0.25, 0.3) is 0 Å². The summed E-state index contributed by atoms with van der Waals surface area (Å²) in [6, 6.07) is 27.1. The van der Waals surface area contributed by atoms with Gasteiger partial charge in [0.15, 0.2) is 11.5 Å². The minimum absolute atomic E-state index is 0.103. The Balaban J connectivity index is 1.34. The lowest BCUT2D eigenvalue weighted by Crippen LogP contribution is -2.45. The molecular weight excluding hydrogens is 448 g/mol. The van der Waals surface area contributed by atoms with Crippen LogP contribution in [0.3, 0.4) is 0 Å². The monoisotopic (exact) mass is 484 g/mol. The van der Waals surface area contributed by atoms with Crippen LogP contribution in [0, 0.1) is 5.92 Å².